The van der Waals surface area contributed by atoms with Gasteiger partial charge >= 0.3 is 0 Å². The van der Waals surface area contributed by atoms with Gasteiger partial charge in [0.2, 0.25) is 0 Å². The van der Waals surface area contributed by atoms with Crippen molar-refractivity contribution in [3.05, 3.63) is 67.6 Å². The first kappa shape index (κ1) is 14.1. The Bertz CT molecular complexity index is 543. The van der Waals surface area contributed by atoms with Crippen molar-refractivity contribution in [1.82, 2.24) is 5.32 Å². The van der Waals surface area contributed by atoms with E-state index in [2.05, 4.69) is 55.4 Å². The zero-order chi connectivity index (χ0) is 13.0. The summed E-state index contributed by atoms with van der Waals surface area (Å²) < 4.78 is 2.14. The molecule has 0 unspecified atom stereocenters. The predicted octanol–water partition coefficient (Wildman–Crippen LogP) is 5.15. The van der Waals surface area contributed by atoms with Crippen LogP contribution in [0.15, 0.2) is 51.4 Å². The van der Waals surface area contributed by atoms with Crippen molar-refractivity contribution >= 4 is 43.5 Å². The summed E-state index contributed by atoms with van der Waals surface area (Å²) in [6.07, 6.45) is 0. The third-order valence-corrected chi connectivity index (χ3v) is 4.65. The minimum Gasteiger partial charge on any atom is -0.309 e. The minimum absolute atomic E-state index is 0.778. The van der Waals surface area contributed by atoms with Gasteiger partial charge in [0.25, 0.3) is 0 Å². The molecule has 4 heteroatoms. The summed E-state index contributed by atoms with van der Waals surface area (Å²) in [7, 11) is 0. The number of rotatable bonds is 4. The molecule has 2 aromatic carbocycles. The molecule has 0 bridgehead atoms. The Hall–Kier alpha value is -0.350. The lowest BCUT2D eigenvalue weighted by atomic mass is 10.2. The van der Waals surface area contributed by atoms with E-state index in [1.165, 1.54) is 11.1 Å². The normalized spacial score (nSPS) is 10.6. The molecular weight excluding hydrogens is 377 g/mol. The van der Waals surface area contributed by atoms with Crippen molar-refractivity contribution in [1.29, 1.82) is 0 Å². The topological polar surface area (TPSA) is 12.0 Å². The van der Waals surface area contributed by atoms with Crippen molar-refractivity contribution in [2.45, 2.75) is 13.1 Å². The molecule has 0 saturated carbocycles. The summed E-state index contributed by atoms with van der Waals surface area (Å²) >= 11 is 12.9. The highest BCUT2D eigenvalue weighted by Gasteiger charge is 1.99. The van der Waals surface area contributed by atoms with Crippen molar-refractivity contribution in [3.63, 3.8) is 0 Å². The molecular formula is C14H12Br2ClN. The van der Waals surface area contributed by atoms with Crippen molar-refractivity contribution in [2.75, 3.05) is 0 Å². The quantitative estimate of drug-likeness (QED) is 0.762. The zero-order valence-electron chi connectivity index (χ0n) is 9.59. The lowest BCUT2D eigenvalue weighted by molar-refractivity contribution is 0.693. The number of halogens is 3. The second-order valence-corrected chi connectivity index (χ2v) is 6.13. The average Bonchev–Trinajstić information content (AvgIpc) is 2.34. The van der Waals surface area contributed by atoms with Crippen LogP contribution in [0.25, 0.3) is 0 Å². The fourth-order valence-electron chi connectivity index (χ4n) is 1.65. The second-order valence-electron chi connectivity index (χ2n) is 3.98. The van der Waals surface area contributed by atoms with E-state index in [0.29, 0.717) is 0 Å². The highest BCUT2D eigenvalue weighted by atomic mass is 79.9. The Labute approximate surface area is 129 Å². The van der Waals surface area contributed by atoms with Gasteiger partial charge in [0.05, 0.1) is 0 Å². The van der Waals surface area contributed by atoms with Crippen LogP contribution in [0.1, 0.15) is 11.1 Å². The molecule has 0 fully saturated rings. The van der Waals surface area contributed by atoms with Crippen LogP contribution in [0.4, 0.5) is 0 Å². The smallest absolute Gasteiger partial charge is 0.0409 e. The first-order valence-electron chi connectivity index (χ1n) is 5.54. The molecule has 0 spiro atoms. The summed E-state index contributed by atoms with van der Waals surface area (Å²) in [6.45, 7) is 1.65. The summed E-state index contributed by atoms with van der Waals surface area (Å²) in [5.74, 6) is 0. The first-order valence-corrected chi connectivity index (χ1v) is 7.50. The molecule has 2 rings (SSSR count). The Morgan fingerprint density at radius 1 is 0.889 bits per heavy atom. The molecule has 0 radical (unpaired) electrons. The van der Waals surface area contributed by atoms with Crippen molar-refractivity contribution in [2.24, 2.45) is 0 Å². The zero-order valence-corrected chi connectivity index (χ0v) is 13.5. The van der Waals surface area contributed by atoms with E-state index in [1.54, 1.807) is 0 Å². The average molecular weight is 390 g/mol. The SMILES string of the molecule is Clc1cccc(CNCc2ccc(Br)c(Br)c2)c1. The highest BCUT2D eigenvalue weighted by molar-refractivity contribution is 9.13. The van der Waals surface area contributed by atoms with Crippen LogP contribution < -0.4 is 5.32 Å². The monoisotopic (exact) mass is 387 g/mol. The van der Waals surface area contributed by atoms with Gasteiger partial charge in [-0.25, -0.2) is 0 Å². The lowest BCUT2D eigenvalue weighted by Crippen LogP contribution is -2.12. The lowest BCUT2D eigenvalue weighted by Gasteiger charge is -2.06. The van der Waals surface area contributed by atoms with Gasteiger partial charge in [-0.15, -0.1) is 0 Å². The third kappa shape index (κ3) is 4.09. The van der Waals surface area contributed by atoms with Gasteiger partial charge in [-0.3, -0.25) is 0 Å². The van der Waals surface area contributed by atoms with E-state index in [9.17, 15) is 0 Å². The Balaban J connectivity index is 1.90. The standard InChI is InChI=1S/C14H12Br2ClN/c15-13-5-4-11(7-14(13)16)9-18-8-10-2-1-3-12(17)6-10/h1-7,18H,8-9H2. The molecule has 0 amide bonds. The van der Waals surface area contributed by atoms with Gasteiger partial charge in [0.15, 0.2) is 0 Å². The number of hydrogen-bond donors (Lipinski definition) is 1. The number of nitrogens with one attached hydrogen (secondary N) is 1. The van der Waals surface area contributed by atoms with Gasteiger partial charge in [-0.1, -0.05) is 29.8 Å². The van der Waals surface area contributed by atoms with Gasteiger partial charge in [0, 0.05) is 27.1 Å². The van der Waals surface area contributed by atoms with E-state index in [-0.39, 0.29) is 0 Å². The van der Waals surface area contributed by atoms with Gasteiger partial charge < -0.3 is 5.32 Å². The van der Waals surface area contributed by atoms with E-state index in [1.807, 2.05) is 24.3 Å². The molecule has 0 aliphatic rings. The molecule has 2 aromatic rings. The molecule has 0 saturated heterocycles. The number of hydrogen-bond acceptors (Lipinski definition) is 1. The Morgan fingerprint density at radius 3 is 2.28 bits per heavy atom. The van der Waals surface area contributed by atoms with E-state index >= 15 is 0 Å². The maximum absolute atomic E-state index is 5.94. The highest BCUT2D eigenvalue weighted by Crippen LogP contribution is 2.23. The maximum Gasteiger partial charge on any atom is 0.0409 e. The molecule has 1 N–H and O–H groups in total. The van der Waals surface area contributed by atoms with Crippen LogP contribution in [0.3, 0.4) is 0 Å². The molecule has 0 aromatic heterocycles. The second kappa shape index (κ2) is 6.71. The van der Waals surface area contributed by atoms with Gasteiger partial charge in [-0.2, -0.15) is 0 Å². The number of benzene rings is 2. The van der Waals surface area contributed by atoms with Crippen LogP contribution in [0.2, 0.25) is 5.02 Å². The van der Waals surface area contributed by atoms with E-state index in [0.717, 1.165) is 27.1 Å². The van der Waals surface area contributed by atoms with Crippen LogP contribution in [0, 0.1) is 0 Å². The summed E-state index contributed by atoms with van der Waals surface area (Å²) in [5, 5.41) is 4.18. The molecule has 0 aliphatic carbocycles. The molecule has 0 aliphatic heterocycles. The predicted molar refractivity (Wildman–Crippen MR) is 83.8 cm³/mol. The van der Waals surface area contributed by atoms with E-state index in [4.69, 9.17) is 11.6 Å². The molecule has 18 heavy (non-hydrogen) atoms. The molecule has 1 nitrogen and oxygen atoms in total. The molecule has 0 atom stereocenters. The van der Waals surface area contributed by atoms with Gasteiger partial charge in [-0.05, 0) is 67.3 Å². The van der Waals surface area contributed by atoms with Gasteiger partial charge in [0.1, 0.15) is 0 Å². The first-order chi connectivity index (χ1) is 8.65. The van der Waals surface area contributed by atoms with Crippen LogP contribution in [0.5, 0.6) is 0 Å². The Kier molecular flexibility index (Phi) is 5.25. The third-order valence-electron chi connectivity index (χ3n) is 2.53. The largest absolute Gasteiger partial charge is 0.309 e. The van der Waals surface area contributed by atoms with Crippen molar-refractivity contribution in [3.8, 4) is 0 Å². The molecule has 94 valence electrons. The maximum atomic E-state index is 5.94. The molecule has 0 heterocycles. The fraction of sp³-hybridized carbons (Fsp3) is 0.143. The van der Waals surface area contributed by atoms with E-state index < -0.39 is 0 Å². The fourth-order valence-corrected chi connectivity index (χ4v) is 2.53. The Morgan fingerprint density at radius 2 is 1.61 bits per heavy atom. The minimum atomic E-state index is 0.778. The summed E-state index contributed by atoms with van der Waals surface area (Å²) in [5.41, 5.74) is 2.44. The van der Waals surface area contributed by atoms with Crippen molar-refractivity contribution < 1.29 is 0 Å². The summed E-state index contributed by atoms with van der Waals surface area (Å²) in [4.78, 5) is 0. The van der Waals surface area contributed by atoms with Crippen LogP contribution in [-0.4, -0.2) is 0 Å². The van der Waals surface area contributed by atoms with Crippen LogP contribution >= 0.6 is 43.5 Å². The summed E-state index contributed by atoms with van der Waals surface area (Å²) in [6, 6.07) is 14.1. The van der Waals surface area contributed by atoms with Crippen LogP contribution in [-0.2, 0) is 13.1 Å².